The molecule has 4 heterocycles. The van der Waals surface area contributed by atoms with Crippen LogP contribution in [0, 0.1) is 6.92 Å². The first-order chi connectivity index (χ1) is 16.7. The van der Waals surface area contributed by atoms with Crippen molar-refractivity contribution in [3.8, 4) is 22.6 Å². The van der Waals surface area contributed by atoms with Crippen LogP contribution in [0.25, 0.3) is 33.5 Å². The summed E-state index contributed by atoms with van der Waals surface area (Å²) in [7, 11) is 1.72. The van der Waals surface area contributed by atoms with E-state index >= 15 is 0 Å². The Labute approximate surface area is 199 Å². The minimum atomic E-state index is -0.0335. The van der Waals surface area contributed by atoms with Gasteiger partial charge in [0.15, 0.2) is 12.1 Å². The largest absolute Gasteiger partial charge is 0.380 e. The maximum atomic E-state index is 6.13. The van der Waals surface area contributed by atoms with Crippen molar-refractivity contribution in [1.29, 1.82) is 0 Å². The van der Waals surface area contributed by atoms with E-state index < -0.39 is 0 Å². The third-order valence-electron chi connectivity index (χ3n) is 7.24. The maximum absolute atomic E-state index is 6.13. The Balaban J connectivity index is 1.51. The fraction of sp³-hybridized carbons (Fsp3) is 0.444. The van der Waals surface area contributed by atoms with Crippen LogP contribution in [0.15, 0.2) is 30.6 Å². The standard InChI is InChI=1S/C27H31N5O2/c1-17-19(16-33-2)14-28-15-21(17)18-10-11-24-20(13-18)26(31-32(24)25-9-5-6-12-34-25)27-29-22-7-3-4-8-23(22)30-27/h10-11,13-15,25H,3-9,12,16H2,1-2H3,(H,29,30). The van der Waals surface area contributed by atoms with Crippen molar-refractivity contribution in [2.75, 3.05) is 13.7 Å². The quantitative estimate of drug-likeness (QED) is 0.427. The van der Waals surface area contributed by atoms with E-state index in [2.05, 4.69) is 39.8 Å². The lowest BCUT2D eigenvalue weighted by Gasteiger charge is -2.23. The van der Waals surface area contributed by atoms with Gasteiger partial charge in [0.05, 0.1) is 17.8 Å². The molecule has 2 aliphatic rings. The lowest BCUT2D eigenvalue weighted by Crippen LogP contribution is -2.19. The van der Waals surface area contributed by atoms with Gasteiger partial charge in [-0.2, -0.15) is 5.10 Å². The number of pyridine rings is 1. The van der Waals surface area contributed by atoms with Crippen molar-refractivity contribution in [3.63, 3.8) is 0 Å². The average molecular weight is 458 g/mol. The van der Waals surface area contributed by atoms with Gasteiger partial charge < -0.3 is 14.5 Å². The second-order valence-corrected chi connectivity index (χ2v) is 9.47. The lowest BCUT2D eigenvalue weighted by atomic mass is 9.98. The zero-order chi connectivity index (χ0) is 23.1. The van der Waals surface area contributed by atoms with Gasteiger partial charge in [0.2, 0.25) is 0 Å². The van der Waals surface area contributed by atoms with Gasteiger partial charge in [0.25, 0.3) is 0 Å². The minimum Gasteiger partial charge on any atom is -0.380 e. The van der Waals surface area contributed by atoms with Gasteiger partial charge in [-0.05, 0) is 80.7 Å². The molecule has 0 amide bonds. The summed E-state index contributed by atoms with van der Waals surface area (Å²) in [5.74, 6) is 0.867. The first-order valence-electron chi connectivity index (χ1n) is 12.4. The molecular weight excluding hydrogens is 426 g/mol. The molecule has 6 rings (SSSR count). The van der Waals surface area contributed by atoms with Gasteiger partial charge in [0, 0.05) is 42.8 Å². The highest BCUT2D eigenvalue weighted by Crippen LogP contribution is 2.36. The number of aromatic amines is 1. The third kappa shape index (κ3) is 3.73. The molecule has 1 unspecified atom stereocenters. The van der Waals surface area contributed by atoms with Crippen molar-refractivity contribution >= 4 is 10.9 Å². The van der Waals surface area contributed by atoms with Crippen molar-refractivity contribution in [3.05, 3.63) is 53.1 Å². The molecule has 0 bridgehead atoms. The number of hydrogen-bond acceptors (Lipinski definition) is 5. The molecule has 176 valence electrons. The van der Waals surface area contributed by atoms with Gasteiger partial charge in [-0.25, -0.2) is 9.67 Å². The van der Waals surface area contributed by atoms with Crippen LogP contribution in [0.5, 0.6) is 0 Å². The van der Waals surface area contributed by atoms with Crippen molar-refractivity contribution in [2.24, 2.45) is 0 Å². The normalized spacial score (nSPS) is 18.4. The number of methoxy groups -OCH3 is 1. The van der Waals surface area contributed by atoms with E-state index in [1.165, 1.54) is 29.8 Å². The molecular formula is C27H31N5O2. The highest BCUT2D eigenvalue weighted by atomic mass is 16.5. The van der Waals surface area contributed by atoms with Gasteiger partial charge in [-0.1, -0.05) is 6.07 Å². The van der Waals surface area contributed by atoms with Gasteiger partial charge in [-0.3, -0.25) is 4.98 Å². The van der Waals surface area contributed by atoms with Crippen LogP contribution in [0.2, 0.25) is 0 Å². The van der Waals surface area contributed by atoms with Crippen molar-refractivity contribution < 1.29 is 9.47 Å². The first-order valence-corrected chi connectivity index (χ1v) is 12.4. The molecule has 1 aliphatic carbocycles. The van der Waals surface area contributed by atoms with E-state index in [0.717, 1.165) is 77.8 Å². The zero-order valence-corrected chi connectivity index (χ0v) is 19.9. The lowest BCUT2D eigenvalue weighted by molar-refractivity contribution is -0.0365. The highest BCUT2D eigenvalue weighted by Gasteiger charge is 2.25. The van der Waals surface area contributed by atoms with Crippen LogP contribution in [-0.4, -0.2) is 38.4 Å². The van der Waals surface area contributed by atoms with Crippen LogP contribution in [0.3, 0.4) is 0 Å². The molecule has 1 saturated heterocycles. The number of nitrogens with zero attached hydrogens (tertiary/aromatic N) is 4. The summed E-state index contributed by atoms with van der Waals surface area (Å²) in [5, 5.41) is 6.19. The SMILES string of the molecule is COCc1cncc(-c2ccc3c(c2)c(-c2nc4c([nH]2)CCCC4)nn3C2CCCCO2)c1C. The molecule has 1 fully saturated rings. The highest BCUT2D eigenvalue weighted by molar-refractivity contribution is 5.95. The summed E-state index contributed by atoms with van der Waals surface area (Å²) in [5.41, 5.74) is 8.97. The van der Waals surface area contributed by atoms with E-state index in [-0.39, 0.29) is 6.23 Å². The number of ether oxygens (including phenoxy) is 2. The number of fused-ring (bicyclic) bond motifs is 2. The van der Waals surface area contributed by atoms with Crippen LogP contribution in [0.4, 0.5) is 0 Å². The van der Waals surface area contributed by atoms with E-state index in [4.69, 9.17) is 19.6 Å². The monoisotopic (exact) mass is 457 g/mol. The van der Waals surface area contributed by atoms with E-state index in [1.54, 1.807) is 7.11 Å². The second-order valence-electron chi connectivity index (χ2n) is 9.47. The van der Waals surface area contributed by atoms with Gasteiger partial charge >= 0.3 is 0 Å². The van der Waals surface area contributed by atoms with Crippen LogP contribution >= 0.6 is 0 Å². The van der Waals surface area contributed by atoms with Crippen LogP contribution in [0.1, 0.15) is 60.8 Å². The summed E-state index contributed by atoms with van der Waals surface area (Å²) < 4.78 is 13.6. The number of imidazole rings is 1. The fourth-order valence-corrected chi connectivity index (χ4v) is 5.35. The van der Waals surface area contributed by atoms with Crippen LogP contribution < -0.4 is 0 Å². The molecule has 0 radical (unpaired) electrons. The van der Waals surface area contributed by atoms with E-state index in [0.29, 0.717) is 6.61 Å². The molecule has 3 aromatic heterocycles. The minimum absolute atomic E-state index is 0.0335. The molecule has 0 spiro atoms. The molecule has 1 aromatic carbocycles. The predicted molar refractivity (Wildman–Crippen MR) is 131 cm³/mol. The Kier molecular flexibility index (Phi) is 5.67. The summed E-state index contributed by atoms with van der Waals surface area (Å²) in [6.45, 7) is 3.47. The van der Waals surface area contributed by atoms with E-state index in [1.807, 2.05) is 12.4 Å². The molecule has 7 heteroatoms. The van der Waals surface area contributed by atoms with Crippen molar-refractivity contribution in [1.82, 2.24) is 24.7 Å². The fourth-order valence-electron chi connectivity index (χ4n) is 5.35. The molecule has 0 saturated carbocycles. The topological polar surface area (TPSA) is 77.9 Å². The third-order valence-corrected chi connectivity index (χ3v) is 7.24. The number of rotatable bonds is 5. The Morgan fingerprint density at radius 3 is 2.88 bits per heavy atom. The molecule has 1 atom stereocenters. The predicted octanol–water partition coefficient (Wildman–Crippen LogP) is 5.52. The summed E-state index contributed by atoms with van der Waals surface area (Å²) >= 11 is 0. The molecule has 7 nitrogen and oxygen atoms in total. The Morgan fingerprint density at radius 2 is 2.06 bits per heavy atom. The summed E-state index contributed by atoms with van der Waals surface area (Å²) in [4.78, 5) is 13.1. The molecule has 34 heavy (non-hydrogen) atoms. The number of benzene rings is 1. The summed E-state index contributed by atoms with van der Waals surface area (Å²) in [6.07, 6.45) is 11.6. The zero-order valence-electron chi connectivity index (χ0n) is 19.9. The second kappa shape index (κ2) is 8.96. The Hall–Kier alpha value is -3.03. The number of H-pyrrole nitrogens is 1. The molecule has 4 aromatic rings. The smallest absolute Gasteiger partial charge is 0.159 e. The number of nitrogens with one attached hydrogen (secondary N) is 1. The first kappa shape index (κ1) is 21.5. The maximum Gasteiger partial charge on any atom is 0.159 e. The van der Waals surface area contributed by atoms with Gasteiger partial charge in [-0.15, -0.1) is 0 Å². The average Bonchev–Trinajstić information content (AvgIpc) is 3.47. The van der Waals surface area contributed by atoms with Crippen molar-refractivity contribution in [2.45, 2.75) is 64.7 Å². The Morgan fingerprint density at radius 1 is 1.15 bits per heavy atom. The number of aromatic nitrogens is 5. The number of hydrogen-bond donors (Lipinski definition) is 1. The van der Waals surface area contributed by atoms with Gasteiger partial charge in [0.1, 0.15) is 5.69 Å². The van der Waals surface area contributed by atoms with E-state index in [9.17, 15) is 0 Å². The Bertz CT molecular complexity index is 1310. The molecule has 1 aliphatic heterocycles. The number of aryl methyl sites for hydroxylation is 2. The summed E-state index contributed by atoms with van der Waals surface area (Å²) in [6, 6.07) is 6.57. The van der Waals surface area contributed by atoms with Crippen LogP contribution in [-0.2, 0) is 28.9 Å². The molecule has 1 N–H and O–H groups in total.